The molecule has 0 saturated carbocycles. The van der Waals surface area contributed by atoms with Crippen LogP contribution in [0.2, 0.25) is 0 Å². The predicted molar refractivity (Wildman–Crippen MR) is 113 cm³/mol. The summed E-state index contributed by atoms with van der Waals surface area (Å²) >= 11 is 0. The number of likely N-dealkylation sites (N-methyl/N-ethyl adjacent to an activating group) is 1. The molecule has 1 aliphatic rings. The van der Waals surface area contributed by atoms with Crippen LogP contribution >= 0.6 is 0 Å². The lowest BCUT2D eigenvalue weighted by atomic mass is 10.2. The Bertz CT molecular complexity index is 808. The number of carbonyl (C=O) groups is 1. The molecular formula is C19H31N5O4S. The van der Waals surface area contributed by atoms with Crippen molar-refractivity contribution in [3.8, 4) is 5.75 Å². The first-order valence-corrected chi connectivity index (χ1v) is 11.4. The molecule has 9 nitrogen and oxygen atoms in total. The lowest BCUT2D eigenvalue weighted by Crippen LogP contribution is -2.48. The molecular weight excluding hydrogens is 394 g/mol. The van der Waals surface area contributed by atoms with E-state index in [0.29, 0.717) is 25.6 Å². The van der Waals surface area contributed by atoms with Gasteiger partial charge in [0.15, 0.2) is 5.96 Å². The third-order valence-corrected chi connectivity index (χ3v) is 6.07. The average molecular weight is 426 g/mol. The number of guanidine groups is 1. The number of nitrogens with one attached hydrogen (secondary N) is 2. The van der Waals surface area contributed by atoms with Crippen LogP contribution in [0.3, 0.4) is 0 Å². The number of hydrogen-bond donors (Lipinski definition) is 2. The van der Waals surface area contributed by atoms with Crippen molar-refractivity contribution in [3.63, 3.8) is 0 Å². The fourth-order valence-electron chi connectivity index (χ4n) is 3.06. The molecule has 1 fully saturated rings. The number of hydrogen-bond acceptors (Lipinski definition) is 5. The van der Waals surface area contributed by atoms with E-state index in [2.05, 4.69) is 15.6 Å². The highest BCUT2D eigenvalue weighted by molar-refractivity contribution is 7.88. The summed E-state index contributed by atoms with van der Waals surface area (Å²) in [6.07, 6.45) is 2.87. The molecule has 1 aliphatic heterocycles. The zero-order valence-electron chi connectivity index (χ0n) is 17.5. The zero-order valence-corrected chi connectivity index (χ0v) is 18.3. The van der Waals surface area contributed by atoms with Gasteiger partial charge in [-0.15, -0.1) is 0 Å². The average Bonchev–Trinajstić information content (AvgIpc) is 3.16. The van der Waals surface area contributed by atoms with Crippen LogP contribution in [0.1, 0.15) is 18.4 Å². The van der Waals surface area contributed by atoms with Gasteiger partial charge in [-0.05, 0) is 30.5 Å². The normalized spacial score (nSPS) is 17.8. The van der Waals surface area contributed by atoms with Crippen LogP contribution in [0.5, 0.6) is 5.75 Å². The Hall–Kier alpha value is -2.33. The van der Waals surface area contributed by atoms with Gasteiger partial charge in [0.25, 0.3) is 0 Å². The van der Waals surface area contributed by atoms with Gasteiger partial charge in [0, 0.05) is 33.2 Å². The van der Waals surface area contributed by atoms with Gasteiger partial charge >= 0.3 is 0 Å². The lowest BCUT2D eigenvalue weighted by molar-refractivity contribution is -0.127. The van der Waals surface area contributed by atoms with Crippen molar-refractivity contribution < 1.29 is 17.9 Å². The van der Waals surface area contributed by atoms with Crippen molar-refractivity contribution in [3.05, 3.63) is 29.8 Å². The SMILES string of the molecule is COc1ccc(CN=C(NCC(=O)N(C)C)NC[C@H]2CCCN2S(C)(=O)=O)cc1. The standard InChI is InChI=1S/C19H31N5O4S/c1-23(2)18(25)14-22-19(20-12-15-7-9-17(28-3)10-8-15)21-13-16-6-5-11-24(16)29(4,26)27/h7-10,16H,5-6,11-14H2,1-4H3,(H2,20,21,22)/t16-/m1/s1. The van der Waals surface area contributed by atoms with Gasteiger partial charge in [0.2, 0.25) is 15.9 Å². The van der Waals surface area contributed by atoms with E-state index in [1.807, 2.05) is 24.3 Å². The highest BCUT2D eigenvalue weighted by Crippen LogP contribution is 2.19. The molecule has 0 bridgehead atoms. The Kier molecular flexibility index (Phi) is 8.27. The van der Waals surface area contributed by atoms with Gasteiger partial charge in [0.05, 0.1) is 26.5 Å². The second-order valence-corrected chi connectivity index (χ2v) is 9.14. The van der Waals surface area contributed by atoms with Gasteiger partial charge in [-0.25, -0.2) is 13.4 Å². The molecule has 1 aromatic carbocycles. The minimum Gasteiger partial charge on any atom is -0.497 e. The number of amides is 1. The van der Waals surface area contributed by atoms with E-state index in [9.17, 15) is 13.2 Å². The quantitative estimate of drug-likeness (QED) is 0.457. The highest BCUT2D eigenvalue weighted by atomic mass is 32.2. The molecule has 2 rings (SSSR count). The molecule has 0 unspecified atom stereocenters. The number of nitrogens with zero attached hydrogens (tertiary/aromatic N) is 3. The highest BCUT2D eigenvalue weighted by Gasteiger charge is 2.31. The number of ether oxygens (including phenoxy) is 1. The number of rotatable bonds is 8. The number of carbonyl (C=O) groups excluding carboxylic acids is 1. The van der Waals surface area contributed by atoms with Gasteiger partial charge in [-0.2, -0.15) is 4.31 Å². The largest absolute Gasteiger partial charge is 0.497 e. The second kappa shape index (κ2) is 10.4. The van der Waals surface area contributed by atoms with Gasteiger partial charge in [0.1, 0.15) is 5.75 Å². The summed E-state index contributed by atoms with van der Waals surface area (Å²) in [5.41, 5.74) is 0.990. The van der Waals surface area contributed by atoms with Crippen LogP contribution in [0.15, 0.2) is 29.3 Å². The van der Waals surface area contributed by atoms with Crippen LogP contribution < -0.4 is 15.4 Å². The molecule has 0 spiro atoms. The lowest BCUT2D eigenvalue weighted by Gasteiger charge is -2.23. The second-order valence-electron chi connectivity index (χ2n) is 7.21. The van der Waals surface area contributed by atoms with E-state index in [0.717, 1.165) is 24.2 Å². The zero-order chi connectivity index (χ0) is 21.4. The van der Waals surface area contributed by atoms with Crippen LogP contribution in [0.4, 0.5) is 0 Å². The van der Waals surface area contributed by atoms with Crippen LogP contribution in [0, 0.1) is 0 Å². The summed E-state index contributed by atoms with van der Waals surface area (Å²) < 4.78 is 30.5. The van der Waals surface area contributed by atoms with E-state index < -0.39 is 10.0 Å². The molecule has 0 aliphatic carbocycles. The van der Waals surface area contributed by atoms with E-state index in [4.69, 9.17) is 4.74 Å². The minimum absolute atomic E-state index is 0.0809. The Labute approximate surface area is 173 Å². The maximum Gasteiger partial charge on any atom is 0.241 e. The van der Waals surface area contributed by atoms with Crippen molar-refractivity contribution in [1.82, 2.24) is 19.8 Å². The summed E-state index contributed by atoms with van der Waals surface area (Å²) in [6, 6.07) is 7.45. The first kappa shape index (κ1) is 23.0. The van der Waals surface area contributed by atoms with E-state index in [-0.39, 0.29) is 18.5 Å². The smallest absolute Gasteiger partial charge is 0.241 e. The number of aliphatic imine (C=N–C) groups is 1. The van der Waals surface area contributed by atoms with E-state index in [1.165, 1.54) is 15.5 Å². The van der Waals surface area contributed by atoms with Crippen molar-refractivity contribution >= 4 is 21.9 Å². The van der Waals surface area contributed by atoms with Crippen molar-refractivity contribution in [2.45, 2.75) is 25.4 Å². The molecule has 1 aromatic rings. The van der Waals surface area contributed by atoms with Gasteiger partial charge < -0.3 is 20.3 Å². The Morgan fingerprint density at radius 2 is 1.97 bits per heavy atom. The summed E-state index contributed by atoms with van der Waals surface area (Å²) in [5, 5.41) is 6.21. The predicted octanol–water partition coefficient (Wildman–Crippen LogP) is 0.243. The maximum absolute atomic E-state index is 11.9. The monoisotopic (exact) mass is 425 g/mol. The fourth-order valence-corrected chi connectivity index (χ4v) is 4.24. The first-order chi connectivity index (χ1) is 13.7. The third kappa shape index (κ3) is 7.21. The molecule has 1 atom stereocenters. The Balaban J connectivity index is 2.04. The molecule has 1 saturated heterocycles. The maximum atomic E-state index is 11.9. The summed E-state index contributed by atoms with van der Waals surface area (Å²) in [5.74, 6) is 1.16. The summed E-state index contributed by atoms with van der Waals surface area (Å²) in [6.45, 7) is 1.48. The first-order valence-electron chi connectivity index (χ1n) is 9.53. The fraction of sp³-hybridized carbons (Fsp3) is 0.579. The van der Waals surface area contributed by atoms with Gasteiger partial charge in [-0.1, -0.05) is 12.1 Å². The number of sulfonamides is 1. The van der Waals surface area contributed by atoms with E-state index >= 15 is 0 Å². The molecule has 0 radical (unpaired) electrons. The number of methoxy groups -OCH3 is 1. The minimum atomic E-state index is -3.24. The van der Waals surface area contributed by atoms with Crippen molar-refractivity contribution in [2.75, 3.05) is 47.1 Å². The summed E-state index contributed by atoms with van der Waals surface area (Å²) in [7, 11) is 1.75. The van der Waals surface area contributed by atoms with E-state index in [1.54, 1.807) is 21.2 Å². The Morgan fingerprint density at radius 3 is 2.55 bits per heavy atom. The summed E-state index contributed by atoms with van der Waals surface area (Å²) in [4.78, 5) is 18.0. The molecule has 1 heterocycles. The Morgan fingerprint density at radius 1 is 1.28 bits per heavy atom. The van der Waals surface area contributed by atoms with Crippen LogP contribution in [-0.2, 0) is 21.4 Å². The molecule has 2 N–H and O–H groups in total. The third-order valence-electron chi connectivity index (χ3n) is 4.74. The van der Waals surface area contributed by atoms with Crippen LogP contribution in [0.25, 0.3) is 0 Å². The van der Waals surface area contributed by atoms with Crippen molar-refractivity contribution in [2.24, 2.45) is 4.99 Å². The number of benzene rings is 1. The molecule has 1 amide bonds. The molecule has 10 heteroatoms. The molecule has 0 aromatic heterocycles. The molecule has 162 valence electrons. The van der Waals surface area contributed by atoms with Gasteiger partial charge in [-0.3, -0.25) is 4.79 Å². The van der Waals surface area contributed by atoms with Crippen molar-refractivity contribution in [1.29, 1.82) is 0 Å². The topological polar surface area (TPSA) is 103 Å². The molecule has 29 heavy (non-hydrogen) atoms. The van der Waals surface area contributed by atoms with Crippen LogP contribution in [-0.4, -0.2) is 82.6 Å².